The SMILES string of the molecule is CC(C)N(C(=O)c1cc(F)ccc1-n1cc(C2CCCB(C#N)C2)c2ccncc21)C(C)C. The van der Waals surface area contributed by atoms with Crippen LogP contribution in [0.25, 0.3) is 16.6 Å². The second-order valence-electron chi connectivity index (χ2n) is 9.60. The average molecular weight is 444 g/mol. The van der Waals surface area contributed by atoms with Crippen molar-refractivity contribution < 1.29 is 9.18 Å². The lowest BCUT2D eigenvalue weighted by Gasteiger charge is -2.31. The normalized spacial score (nSPS) is 16.4. The molecule has 0 bridgehead atoms. The monoisotopic (exact) mass is 444 g/mol. The minimum atomic E-state index is -0.437. The van der Waals surface area contributed by atoms with Crippen LogP contribution in [0.3, 0.4) is 0 Å². The van der Waals surface area contributed by atoms with Crippen molar-refractivity contribution in [2.75, 3.05) is 0 Å². The fraction of sp³-hybridized carbons (Fsp3) is 0.423. The zero-order chi connectivity index (χ0) is 23.7. The van der Waals surface area contributed by atoms with Crippen LogP contribution >= 0.6 is 0 Å². The molecule has 1 fully saturated rings. The Kier molecular flexibility index (Phi) is 6.55. The van der Waals surface area contributed by atoms with Gasteiger partial charge in [-0.2, -0.15) is 0 Å². The van der Waals surface area contributed by atoms with Gasteiger partial charge < -0.3 is 9.47 Å². The first kappa shape index (κ1) is 23.0. The lowest BCUT2D eigenvalue weighted by Crippen LogP contribution is -2.42. The lowest BCUT2D eigenvalue weighted by molar-refractivity contribution is 0.0643. The van der Waals surface area contributed by atoms with Crippen molar-refractivity contribution in [2.24, 2.45) is 0 Å². The molecule has 3 aromatic rings. The third-order valence-corrected chi connectivity index (χ3v) is 6.73. The van der Waals surface area contributed by atoms with Gasteiger partial charge in [0.2, 0.25) is 0 Å². The van der Waals surface area contributed by atoms with Gasteiger partial charge in [-0.1, -0.05) is 19.1 Å². The van der Waals surface area contributed by atoms with Crippen molar-refractivity contribution in [3.63, 3.8) is 0 Å². The molecule has 7 heteroatoms. The van der Waals surface area contributed by atoms with Crippen molar-refractivity contribution in [3.05, 3.63) is 59.8 Å². The Hall–Kier alpha value is -3.14. The topological polar surface area (TPSA) is 61.9 Å². The number of nitriles is 1. The van der Waals surface area contributed by atoms with Crippen LogP contribution in [0.1, 0.15) is 62.4 Å². The van der Waals surface area contributed by atoms with E-state index in [1.165, 1.54) is 17.7 Å². The molecule has 1 aliphatic rings. The number of amides is 1. The van der Waals surface area contributed by atoms with E-state index in [2.05, 4.69) is 17.1 Å². The van der Waals surface area contributed by atoms with Gasteiger partial charge in [0, 0.05) is 35.8 Å². The van der Waals surface area contributed by atoms with E-state index in [1.807, 2.05) is 38.3 Å². The largest absolute Gasteiger partial charge is 0.334 e. The molecule has 0 N–H and O–H groups in total. The first-order chi connectivity index (χ1) is 15.8. The molecule has 170 valence electrons. The van der Waals surface area contributed by atoms with Crippen LogP contribution in [-0.4, -0.2) is 39.2 Å². The summed E-state index contributed by atoms with van der Waals surface area (Å²) in [6.07, 6.45) is 9.48. The molecule has 1 aliphatic heterocycles. The summed E-state index contributed by atoms with van der Waals surface area (Å²) >= 11 is 0. The van der Waals surface area contributed by atoms with Crippen molar-refractivity contribution in [3.8, 4) is 11.7 Å². The van der Waals surface area contributed by atoms with Crippen LogP contribution in [0.4, 0.5) is 4.39 Å². The van der Waals surface area contributed by atoms with Gasteiger partial charge in [-0.3, -0.25) is 9.78 Å². The second kappa shape index (κ2) is 9.39. The van der Waals surface area contributed by atoms with Gasteiger partial charge in [0.05, 0.1) is 23.0 Å². The number of aromatic nitrogens is 2. The maximum Gasteiger partial charge on any atom is 0.268 e. The Morgan fingerprint density at radius 2 is 2.03 bits per heavy atom. The molecule has 1 saturated heterocycles. The molecule has 0 saturated carbocycles. The summed E-state index contributed by atoms with van der Waals surface area (Å²) in [5.41, 5.74) is 3.03. The Labute approximate surface area is 195 Å². The molecular formula is C26H30BFN4O. The lowest BCUT2D eigenvalue weighted by atomic mass is 9.40. The van der Waals surface area contributed by atoms with Crippen molar-refractivity contribution in [1.29, 1.82) is 5.26 Å². The summed E-state index contributed by atoms with van der Waals surface area (Å²) in [4.78, 5) is 19.7. The molecule has 4 rings (SSSR count). The standard InChI is InChI=1S/C26H30BFN4O/c1-17(2)32(18(3)4)26(33)22-12-20(28)7-8-24(22)31-15-23(21-9-11-30-14-25(21)31)19-6-5-10-27(13-19)16-29/h7-9,11-12,14-15,17-19H,5-6,10,13H2,1-4H3. The Bertz CT molecular complexity index is 1200. The molecule has 3 heterocycles. The van der Waals surface area contributed by atoms with Crippen LogP contribution in [0.15, 0.2) is 42.9 Å². The summed E-state index contributed by atoms with van der Waals surface area (Å²) < 4.78 is 16.3. The highest BCUT2D eigenvalue weighted by atomic mass is 19.1. The molecule has 1 aromatic carbocycles. The summed E-state index contributed by atoms with van der Waals surface area (Å²) in [5, 5.41) is 10.5. The quantitative estimate of drug-likeness (QED) is 0.463. The summed E-state index contributed by atoms with van der Waals surface area (Å²) in [6.45, 7) is 7.95. The first-order valence-electron chi connectivity index (χ1n) is 11.8. The van der Waals surface area contributed by atoms with Gasteiger partial charge in [0.25, 0.3) is 12.6 Å². The number of nitrogens with zero attached hydrogens (tertiary/aromatic N) is 4. The second-order valence-corrected chi connectivity index (χ2v) is 9.60. The summed E-state index contributed by atoms with van der Waals surface area (Å²) in [6, 6.07) is 6.38. The van der Waals surface area contributed by atoms with Crippen LogP contribution in [0, 0.1) is 17.0 Å². The van der Waals surface area contributed by atoms with E-state index in [4.69, 9.17) is 0 Å². The number of fused-ring (bicyclic) bond motifs is 1. The maximum atomic E-state index is 14.4. The Morgan fingerprint density at radius 1 is 1.27 bits per heavy atom. The highest BCUT2D eigenvalue weighted by Gasteiger charge is 2.30. The molecule has 5 nitrogen and oxygen atoms in total. The molecule has 1 unspecified atom stereocenters. The first-order valence-corrected chi connectivity index (χ1v) is 11.8. The number of hydrogen-bond acceptors (Lipinski definition) is 3. The minimum absolute atomic E-state index is 0.0163. The molecule has 0 aliphatic carbocycles. The van der Waals surface area contributed by atoms with Crippen LogP contribution < -0.4 is 0 Å². The summed E-state index contributed by atoms with van der Waals surface area (Å²) in [5.74, 6) is 2.09. The number of carbonyl (C=O) groups excluding carboxylic acids is 1. The predicted molar refractivity (Wildman–Crippen MR) is 130 cm³/mol. The molecular weight excluding hydrogens is 414 g/mol. The van der Waals surface area contributed by atoms with E-state index in [9.17, 15) is 14.4 Å². The number of carbonyl (C=O) groups is 1. The highest BCUT2D eigenvalue weighted by molar-refractivity contribution is 6.67. The third kappa shape index (κ3) is 4.39. The van der Waals surface area contributed by atoms with Gasteiger partial charge >= 0.3 is 0 Å². The zero-order valence-electron chi connectivity index (χ0n) is 19.8. The third-order valence-electron chi connectivity index (χ3n) is 6.73. The molecule has 0 radical (unpaired) electrons. The minimum Gasteiger partial charge on any atom is -0.334 e. The van der Waals surface area contributed by atoms with E-state index < -0.39 is 5.82 Å². The van der Waals surface area contributed by atoms with Gasteiger partial charge in [-0.15, -0.1) is 0 Å². The molecule has 1 amide bonds. The van der Waals surface area contributed by atoms with Crippen LogP contribution in [0.2, 0.25) is 12.6 Å². The number of benzene rings is 1. The van der Waals surface area contributed by atoms with Crippen molar-refractivity contribution >= 4 is 23.5 Å². The molecule has 33 heavy (non-hydrogen) atoms. The highest BCUT2D eigenvalue weighted by Crippen LogP contribution is 2.39. The number of rotatable bonds is 5. The Morgan fingerprint density at radius 3 is 2.73 bits per heavy atom. The van der Waals surface area contributed by atoms with Gasteiger partial charge in [0.15, 0.2) is 0 Å². The molecule has 0 spiro atoms. The zero-order valence-corrected chi connectivity index (χ0v) is 19.8. The van der Waals surface area contributed by atoms with Gasteiger partial charge in [0.1, 0.15) is 5.82 Å². The van der Waals surface area contributed by atoms with E-state index >= 15 is 0 Å². The van der Waals surface area contributed by atoms with Crippen LogP contribution in [-0.2, 0) is 0 Å². The van der Waals surface area contributed by atoms with E-state index in [-0.39, 0.29) is 30.6 Å². The molecule has 2 aromatic heterocycles. The smallest absolute Gasteiger partial charge is 0.268 e. The van der Waals surface area contributed by atoms with Crippen molar-refractivity contribution in [2.45, 2.75) is 71.2 Å². The molecule has 1 atom stereocenters. The number of hydrogen-bond donors (Lipinski definition) is 0. The average Bonchev–Trinajstić information content (AvgIpc) is 3.18. The fourth-order valence-corrected chi connectivity index (χ4v) is 5.31. The summed E-state index contributed by atoms with van der Waals surface area (Å²) in [7, 11) is 0. The van der Waals surface area contributed by atoms with Crippen LogP contribution in [0.5, 0.6) is 0 Å². The van der Waals surface area contributed by atoms with E-state index in [0.29, 0.717) is 11.3 Å². The van der Waals surface area contributed by atoms with E-state index in [1.54, 1.807) is 23.4 Å². The number of pyridine rings is 1. The van der Waals surface area contributed by atoms with E-state index in [0.717, 1.165) is 36.4 Å². The van der Waals surface area contributed by atoms with Gasteiger partial charge in [-0.25, -0.2) is 9.65 Å². The fourth-order valence-electron chi connectivity index (χ4n) is 5.31. The van der Waals surface area contributed by atoms with Gasteiger partial charge in [-0.05, 0) is 69.9 Å². The Balaban J connectivity index is 1.87. The number of halogens is 1. The maximum absolute atomic E-state index is 14.4. The predicted octanol–water partition coefficient (Wildman–Crippen LogP) is 5.86. The van der Waals surface area contributed by atoms with Crippen molar-refractivity contribution in [1.82, 2.24) is 14.5 Å².